The second-order valence-corrected chi connectivity index (χ2v) is 6.50. The highest BCUT2D eigenvalue weighted by atomic mass is 27.1. The van der Waals surface area contributed by atoms with Crippen LogP contribution in [0.5, 0.6) is 0 Å². The Morgan fingerprint density at radius 1 is 0.682 bits per heavy atom. The molecule has 0 rings (SSSR count). The van der Waals surface area contributed by atoms with Crippen molar-refractivity contribution in [1.82, 2.24) is 0 Å². The highest BCUT2D eigenvalue weighted by molar-refractivity contribution is 6.05. The molecular weight excluding hydrogens is 291 g/mol. The van der Waals surface area contributed by atoms with E-state index in [1.165, 1.54) is 107 Å². The van der Waals surface area contributed by atoms with E-state index in [0.29, 0.717) is 6.42 Å². The molecule has 0 amide bonds. The van der Waals surface area contributed by atoms with Crippen molar-refractivity contribution in [2.75, 3.05) is 0 Å². The van der Waals surface area contributed by atoms with Gasteiger partial charge in [-0.3, -0.25) is 4.79 Å². The molecule has 0 aromatic heterocycles. The van der Waals surface area contributed by atoms with Crippen LogP contribution >= 0.6 is 0 Å². The zero-order valence-electron chi connectivity index (χ0n) is 14.8. The van der Waals surface area contributed by atoms with Gasteiger partial charge in [0.2, 0.25) is 0 Å². The fourth-order valence-corrected chi connectivity index (χ4v) is 2.86. The van der Waals surface area contributed by atoms with Gasteiger partial charge in [-0.25, -0.2) is 0 Å². The van der Waals surface area contributed by atoms with Gasteiger partial charge in [0, 0.05) is 6.42 Å². The Bertz CT molecular complexity index is 222. The second-order valence-electron chi connectivity index (χ2n) is 6.22. The SMILES string of the molecule is CCCCCCCCCCCCCCCCCC(=O)[O][AlH].O. The lowest BCUT2D eigenvalue weighted by molar-refractivity contribution is -0.134. The van der Waals surface area contributed by atoms with Crippen LogP contribution in [-0.2, 0) is 8.58 Å². The van der Waals surface area contributed by atoms with Gasteiger partial charge in [-0.05, 0) is 6.42 Å². The van der Waals surface area contributed by atoms with Crippen LogP contribution in [0.2, 0.25) is 0 Å². The van der Waals surface area contributed by atoms with Gasteiger partial charge >= 0.3 is 16.6 Å². The van der Waals surface area contributed by atoms with E-state index in [-0.39, 0.29) is 11.4 Å². The third kappa shape index (κ3) is 20.0. The molecule has 0 saturated carbocycles. The fourth-order valence-electron chi connectivity index (χ4n) is 2.71. The highest BCUT2D eigenvalue weighted by Crippen LogP contribution is 2.13. The number of carbonyl (C=O) groups excluding carboxylic acids is 1. The zero-order valence-corrected chi connectivity index (χ0v) is 16.3. The van der Waals surface area contributed by atoms with Gasteiger partial charge in [0.15, 0.2) is 0 Å². The van der Waals surface area contributed by atoms with Gasteiger partial charge < -0.3 is 9.26 Å². The number of hydrogen-bond acceptors (Lipinski definition) is 2. The summed E-state index contributed by atoms with van der Waals surface area (Å²) in [6.07, 6.45) is 21.0. The van der Waals surface area contributed by atoms with Crippen LogP contribution in [0.1, 0.15) is 110 Å². The van der Waals surface area contributed by atoms with Gasteiger partial charge in [-0.2, -0.15) is 0 Å². The monoisotopic (exact) mass is 329 g/mol. The Balaban J connectivity index is 0. The maximum absolute atomic E-state index is 10.9. The molecule has 0 aliphatic rings. The van der Waals surface area contributed by atoms with Crippen molar-refractivity contribution in [3.8, 4) is 0 Å². The van der Waals surface area contributed by atoms with Crippen molar-refractivity contribution in [1.29, 1.82) is 0 Å². The summed E-state index contributed by atoms with van der Waals surface area (Å²) < 4.78 is 4.66. The van der Waals surface area contributed by atoms with Crippen LogP contribution in [0, 0.1) is 0 Å². The molecule has 0 fully saturated rings. The average molecular weight is 329 g/mol. The summed E-state index contributed by atoms with van der Waals surface area (Å²) in [5, 5.41) is 0. The smallest absolute Gasteiger partial charge is 0.496 e. The van der Waals surface area contributed by atoms with E-state index in [4.69, 9.17) is 0 Å². The lowest BCUT2D eigenvalue weighted by atomic mass is 10.0. The Labute approximate surface area is 146 Å². The first-order valence-corrected chi connectivity index (χ1v) is 9.83. The minimum Gasteiger partial charge on any atom is -0.624 e. The number of hydrogen-bond donors (Lipinski definition) is 0. The van der Waals surface area contributed by atoms with Crippen molar-refractivity contribution >= 4 is 22.6 Å². The van der Waals surface area contributed by atoms with Crippen LogP contribution in [-0.4, -0.2) is 28.1 Å². The molecule has 3 nitrogen and oxygen atoms in total. The van der Waals surface area contributed by atoms with E-state index >= 15 is 0 Å². The number of rotatable bonds is 16. The maximum atomic E-state index is 10.9. The number of carbonyl (C=O) groups is 1. The van der Waals surface area contributed by atoms with Crippen molar-refractivity contribution in [3.63, 3.8) is 0 Å². The van der Waals surface area contributed by atoms with E-state index in [1.54, 1.807) is 0 Å². The quantitative estimate of drug-likeness (QED) is 0.302. The Kier molecular flexibility index (Phi) is 23.1. The van der Waals surface area contributed by atoms with Crippen LogP contribution in [0.25, 0.3) is 0 Å². The Hall–Kier alpha value is -0.0375. The molecule has 2 N–H and O–H groups in total. The molecule has 0 aliphatic heterocycles. The average Bonchev–Trinajstić information content (AvgIpc) is 2.50. The molecule has 0 bridgehead atoms. The summed E-state index contributed by atoms with van der Waals surface area (Å²) >= 11 is 1.28. The van der Waals surface area contributed by atoms with E-state index in [0.717, 1.165) is 6.42 Å². The van der Waals surface area contributed by atoms with E-state index in [2.05, 4.69) is 10.7 Å². The first kappa shape index (κ1) is 24.2. The lowest BCUT2D eigenvalue weighted by Gasteiger charge is -2.03. The number of unbranched alkanes of at least 4 members (excludes halogenated alkanes) is 14. The Morgan fingerprint density at radius 3 is 1.32 bits per heavy atom. The molecule has 0 saturated heterocycles. The molecule has 0 unspecified atom stereocenters. The van der Waals surface area contributed by atoms with Crippen molar-refractivity contribution in [2.45, 2.75) is 110 Å². The van der Waals surface area contributed by atoms with Gasteiger partial charge in [0.25, 0.3) is 5.97 Å². The summed E-state index contributed by atoms with van der Waals surface area (Å²) in [5.74, 6) is -0.0528. The molecule has 131 valence electrons. The van der Waals surface area contributed by atoms with Crippen LogP contribution in [0.3, 0.4) is 0 Å². The van der Waals surface area contributed by atoms with Crippen LogP contribution < -0.4 is 0 Å². The van der Waals surface area contributed by atoms with Crippen molar-refractivity contribution < 1.29 is 14.1 Å². The van der Waals surface area contributed by atoms with Crippen molar-refractivity contribution in [3.05, 3.63) is 0 Å². The molecule has 1 radical (unpaired) electrons. The molecule has 0 atom stereocenters. The minimum absolute atomic E-state index is 0. The van der Waals surface area contributed by atoms with Gasteiger partial charge in [0.05, 0.1) is 0 Å². The standard InChI is InChI=1S/C18H36O2.Al.H2O.H/c1-2-3-4-5-6-7-8-9-10-11-12-13-14-15-16-17-18(19)20;;;/h2-17H2,1H3,(H,19,20);;1H2;/q;+1;;/p-1. The third-order valence-corrected chi connectivity index (χ3v) is 4.47. The van der Waals surface area contributed by atoms with Crippen molar-refractivity contribution in [2.24, 2.45) is 0 Å². The van der Waals surface area contributed by atoms with E-state index in [1.807, 2.05) is 0 Å². The minimum atomic E-state index is -0.0528. The first-order valence-electron chi connectivity index (χ1n) is 9.26. The molecule has 0 aromatic rings. The molecule has 0 aliphatic carbocycles. The molecule has 0 heterocycles. The van der Waals surface area contributed by atoms with Gasteiger partial charge in [-0.15, -0.1) is 0 Å². The largest absolute Gasteiger partial charge is 0.624 e. The zero-order chi connectivity index (χ0) is 15.6. The predicted molar refractivity (Wildman–Crippen MR) is 96.4 cm³/mol. The molecule has 0 aromatic carbocycles. The lowest BCUT2D eigenvalue weighted by Crippen LogP contribution is -2.00. The molecule has 4 heteroatoms. The van der Waals surface area contributed by atoms with E-state index < -0.39 is 0 Å². The normalized spacial score (nSPS) is 10.2. The van der Waals surface area contributed by atoms with Gasteiger partial charge in [0.1, 0.15) is 0 Å². The summed E-state index contributed by atoms with van der Waals surface area (Å²) in [6, 6.07) is 0. The first-order chi connectivity index (χ1) is 10.3. The molecular formula is C18H38AlO3. The van der Waals surface area contributed by atoms with Gasteiger partial charge in [-0.1, -0.05) is 96.8 Å². The second kappa shape index (κ2) is 21.0. The topological polar surface area (TPSA) is 57.8 Å². The third-order valence-electron chi connectivity index (χ3n) is 4.15. The summed E-state index contributed by atoms with van der Waals surface area (Å²) in [5.41, 5.74) is 0. The maximum Gasteiger partial charge on any atom is 0.496 e. The van der Waals surface area contributed by atoms with E-state index in [9.17, 15) is 4.79 Å². The Morgan fingerprint density at radius 2 is 1.00 bits per heavy atom. The highest BCUT2D eigenvalue weighted by Gasteiger charge is 1.98. The summed E-state index contributed by atoms with van der Waals surface area (Å²) in [4.78, 5) is 10.9. The fraction of sp³-hybridized carbons (Fsp3) is 0.944. The molecule has 0 spiro atoms. The molecule has 22 heavy (non-hydrogen) atoms. The summed E-state index contributed by atoms with van der Waals surface area (Å²) in [7, 11) is 0. The van der Waals surface area contributed by atoms with Crippen LogP contribution in [0.15, 0.2) is 0 Å². The van der Waals surface area contributed by atoms with Crippen LogP contribution in [0.4, 0.5) is 0 Å². The predicted octanol–water partition coefficient (Wildman–Crippen LogP) is 4.78. The summed E-state index contributed by atoms with van der Waals surface area (Å²) in [6.45, 7) is 2.28.